The molecule has 1 aliphatic carbocycles. The third kappa shape index (κ3) is 2.20. The van der Waals surface area contributed by atoms with Gasteiger partial charge in [0.1, 0.15) is 0 Å². The van der Waals surface area contributed by atoms with Gasteiger partial charge in [0, 0.05) is 19.2 Å². The number of hydrogen-bond acceptors (Lipinski definition) is 2. The molecule has 0 radical (unpaired) electrons. The van der Waals surface area contributed by atoms with Crippen LogP contribution in [0.5, 0.6) is 0 Å². The van der Waals surface area contributed by atoms with Crippen LogP contribution in [0.15, 0.2) is 54.6 Å². The molecule has 4 rings (SSSR count). The molecule has 1 amide bonds. The smallest absolute Gasteiger partial charge is 0.237 e. The predicted octanol–water partition coefficient (Wildman–Crippen LogP) is 4.78. The van der Waals surface area contributed by atoms with E-state index in [4.69, 9.17) is 4.74 Å². The van der Waals surface area contributed by atoms with Crippen molar-refractivity contribution < 1.29 is 9.53 Å². The van der Waals surface area contributed by atoms with Gasteiger partial charge in [-0.2, -0.15) is 0 Å². The van der Waals surface area contributed by atoms with Crippen LogP contribution in [-0.4, -0.2) is 25.2 Å². The molecule has 134 valence electrons. The SMILES string of the molecule is CCOC1(C)CC2(C)C(=O)N(C)c3ccccc3C2=C1c1ccccc1. The van der Waals surface area contributed by atoms with Gasteiger partial charge >= 0.3 is 0 Å². The number of anilines is 1. The summed E-state index contributed by atoms with van der Waals surface area (Å²) in [5.41, 5.74) is 4.44. The number of fused-ring (bicyclic) bond motifs is 3. The van der Waals surface area contributed by atoms with Gasteiger partial charge in [0.25, 0.3) is 0 Å². The first-order valence-corrected chi connectivity index (χ1v) is 9.24. The number of para-hydroxylation sites is 1. The van der Waals surface area contributed by atoms with Crippen LogP contribution in [0.2, 0.25) is 0 Å². The van der Waals surface area contributed by atoms with E-state index in [2.05, 4.69) is 38.1 Å². The number of carbonyl (C=O) groups excluding carboxylic acids is 1. The van der Waals surface area contributed by atoms with Crippen LogP contribution >= 0.6 is 0 Å². The molecule has 2 atom stereocenters. The third-order valence-corrected chi connectivity index (χ3v) is 5.86. The first kappa shape index (κ1) is 17.0. The molecule has 3 nitrogen and oxygen atoms in total. The monoisotopic (exact) mass is 347 g/mol. The average molecular weight is 347 g/mol. The molecule has 3 heteroatoms. The maximum atomic E-state index is 13.4. The van der Waals surface area contributed by atoms with Crippen LogP contribution in [0, 0.1) is 5.41 Å². The molecule has 0 N–H and O–H groups in total. The van der Waals surface area contributed by atoms with Crippen molar-refractivity contribution in [3.8, 4) is 0 Å². The fraction of sp³-hybridized carbons (Fsp3) is 0.348. The van der Waals surface area contributed by atoms with Gasteiger partial charge < -0.3 is 9.64 Å². The van der Waals surface area contributed by atoms with Crippen molar-refractivity contribution in [1.82, 2.24) is 0 Å². The van der Waals surface area contributed by atoms with Crippen molar-refractivity contribution in [3.63, 3.8) is 0 Å². The lowest BCUT2D eigenvalue weighted by Gasteiger charge is -2.39. The molecule has 0 spiro atoms. The maximum absolute atomic E-state index is 13.4. The number of ether oxygens (including phenoxy) is 1. The normalized spacial score (nSPS) is 27.5. The molecule has 2 aliphatic rings. The molecular weight excluding hydrogens is 322 g/mol. The van der Waals surface area contributed by atoms with E-state index in [9.17, 15) is 4.79 Å². The summed E-state index contributed by atoms with van der Waals surface area (Å²) in [5, 5.41) is 0. The van der Waals surface area contributed by atoms with Gasteiger partial charge in [0.05, 0.1) is 16.7 Å². The fourth-order valence-corrected chi connectivity index (χ4v) is 4.96. The Labute approximate surface area is 155 Å². The first-order chi connectivity index (χ1) is 12.4. The molecule has 1 aliphatic heterocycles. The lowest BCUT2D eigenvalue weighted by molar-refractivity contribution is -0.126. The van der Waals surface area contributed by atoms with E-state index in [-0.39, 0.29) is 5.91 Å². The minimum atomic E-state index is -0.585. The van der Waals surface area contributed by atoms with Crippen molar-refractivity contribution in [3.05, 3.63) is 65.7 Å². The number of rotatable bonds is 3. The van der Waals surface area contributed by atoms with Crippen molar-refractivity contribution in [2.45, 2.75) is 32.8 Å². The molecule has 2 aromatic carbocycles. The average Bonchev–Trinajstić information content (AvgIpc) is 2.89. The van der Waals surface area contributed by atoms with Crippen molar-refractivity contribution >= 4 is 22.7 Å². The van der Waals surface area contributed by atoms with E-state index >= 15 is 0 Å². The molecule has 0 fully saturated rings. The summed E-state index contributed by atoms with van der Waals surface area (Å²) >= 11 is 0. The van der Waals surface area contributed by atoms with Crippen LogP contribution in [0.3, 0.4) is 0 Å². The van der Waals surface area contributed by atoms with E-state index in [1.807, 2.05) is 44.3 Å². The molecule has 0 saturated heterocycles. The van der Waals surface area contributed by atoms with Crippen molar-refractivity contribution in [2.24, 2.45) is 5.41 Å². The highest BCUT2D eigenvalue weighted by Crippen LogP contribution is 2.61. The van der Waals surface area contributed by atoms with Gasteiger partial charge in [0.2, 0.25) is 5.91 Å². The van der Waals surface area contributed by atoms with Crippen molar-refractivity contribution in [2.75, 3.05) is 18.6 Å². The Morgan fingerprint density at radius 3 is 2.35 bits per heavy atom. The van der Waals surface area contributed by atoms with E-state index in [0.717, 1.165) is 28.0 Å². The zero-order valence-corrected chi connectivity index (χ0v) is 15.9. The number of hydrogen-bond donors (Lipinski definition) is 0. The number of carbonyl (C=O) groups is 1. The maximum Gasteiger partial charge on any atom is 0.237 e. The molecule has 2 aromatic rings. The van der Waals surface area contributed by atoms with E-state index in [0.29, 0.717) is 13.0 Å². The second-order valence-corrected chi connectivity index (χ2v) is 7.67. The van der Waals surface area contributed by atoms with Crippen LogP contribution in [0.4, 0.5) is 5.69 Å². The van der Waals surface area contributed by atoms with Crippen LogP contribution in [-0.2, 0) is 9.53 Å². The minimum Gasteiger partial charge on any atom is -0.371 e. The zero-order chi connectivity index (χ0) is 18.5. The van der Waals surface area contributed by atoms with Crippen LogP contribution in [0.1, 0.15) is 38.3 Å². The topological polar surface area (TPSA) is 29.5 Å². The lowest BCUT2D eigenvalue weighted by atomic mass is 9.74. The van der Waals surface area contributed by atoms with Gasteiger partial charge in [-0.05, 0) is 50.0 Å². The second-order valence-electron chi connectivity index (χ2n) is 7.67. The van der Waals surface area contributed by atoms with Crippen molar-refractivity contribution in [1.29, 1.82) is 0 Å². The highest BCUT2D eigenvalue weighted by Gasteiger charge is 2.57. The molecule has 0 bridgehead atoms. The molecule has 0 saturated carbocycles. The quantitative estimate of drug-likeness (QED) is 0.800. The largest absolute Gasteiger partial charge is 0.371 e. The van der Waals surface area contributed by atoms with Crippen LogP contribution in [0.25, 0.3) is 11.1 Å². The number of amides is 1. The number of benzene rings is 2. The van der Waals surface area contributed by atoms with E-state index < -0.39 is 11.0 Å². The van der Waals surface area contributed by atoms with Gasteiger partial charge in [-0.3, -0.25) is 4.79 Å². The molecule has 1 heterocycles. The van der Waals surface area contributed by atoms with Gasteiger partial charge in [-0.1, -0.05) is 48.5 Å². The van der Waals surface area contributed by atoms with E-state index in [1.165, 1.54) is 0 Å². The molecule has 2 unspecified atom stereocenters. The Kier molecular flexibility index (Phi) is 3.81. The summed E-state index contributed by atoms with van der Waals surface area (Å²) in [5.74, 6) is 0.142. The van der Waals surface area contributed by atoms with Gasteiger partial charge in [-0.15, -0.1) is 0 Å². The Morgan fingerprint density at radius 1 is 1.00 bits per heavy atom. The summed E-state index contributed by atoms with van der Waals surface area (Å²) in [4.78, 5) is 15.2. The summed E-state index contributed by atoms with van der Waals surface area (Å²) in [7, 11) is 1.88. The minimum absolute atomic E-state index is 0.142. The Bertz CT molecular complexity index is 901. The predicted molar refractivity (Wildman–Crippen MR) is 106 cm³/mol. The summed E-state index contributed by atoms with van der Waals surface area (Å²) in [6.45, 7) is 6.84. The fourth-order valence-electron chi connectivity index (χ4n) is 4.96. The molecular formula is C23H25NO2. The lowest BCUT2D eigenvalue weighted by Crippen LogP contribution is -2.45. The summed E-state index contributed by atoms with van der Waals surface area (Å²) in [6, 6.07) is 18.6. The first-order valence-electron chi connectivity index (χ1n) is 9.24. The summed E-state index contributed by atoms with van der Waals surface area (Å²) in [6.07, 6.45) is 0.658. The summed E-state index contributed by atoms with van der Waals surface area (Å²) < 4.78 is 6.28. The number of nitrogens with zero attached hydrogens (tertiary/aromatic N) is 1. The Morgan fingerprint density at radius 2 is 1.65 bits per heavy atom. The molecule has 26 heavy (non-hydrogen) atoms. The van der Waals surface area contributed by atoms with E-state index in [1.54, 1.807) is 4.90 Å². The standard InChI is InChI=1S/C23H25NO2/c1-5-26-23(3)15-22(2)20(19(23)16-11-7-6-8-12-16)17-13-9-10-14-18(17)24(4)21(22)25/h6-14H,5,15H2,1-4H3. The highest BCUT2D eigenvalue weighted by atomic mass is 16.5. The third-order valence-electron chi connectivity index (χ3n) is 5.86. The Balaban J connectivity index is 2.09. The van der Waals surface area contributed by atoms with Crippen LogP contribution < -0.4 is 4.90 Å². The highest BCUT2D eigenvalue weighted by molar-refractivity contribution is 6.18. The second kappa shape index (κ2) is 5.82. The van der Waals surface area contributed by atoms with Gasteiger partial charge in [0.15, 0.2) is 0 Å². The zero-order valence-electron chi connectivity index (χ0n) is 15.9. The molecule has 0 aromatic heterocycles. The Hall–Kier alpha value is -2.39. The van der Waals surface area contributed by atoms with Gasteiger partial charge in [-0.25, -0.2) is 0 Å².